The average molecular weight is 411 g/mol. The summed E-state index contributed by atoms with van der Waals surface area (Å²) in [6.07, 6.45) is 4.41. The van der Waals surface area contributed by atoms with E-state index in [1.54, 1.807) is 13.3 Å². The summed E-state index contributed by atoms with van der Waals surface area (Å²) >= 11 is 5.62. The number of nitrogens with one attached hydrogen (secondary N) is 2. The van der Waals surface area contributed by atoms with Gasteiger partial charge in [0.2, 0.25) is 0 Å². The highest BCUT2D eigenvalue weighted by molar-refractivity contribution is 7.80. The highest BCUT2D eigenvalue weighted by atomic mass is 32.1. The Morgan fingerprint density at radius 1 is 1.28 bits per heavy atom. The quantitative estimate of drug-likeness (QED) is 0.439. The van der Waals surface area contributed by atoms with E-state index >= 15 is 0 Å². The lowest BCUT2D eigenvalue weighted by atomic mass is 10.1. The number of aromatic amines is 1. The van der Waals surface area contributed by atoms with Crippen LogP contribution < -0.4 is 10.9 Å². The van der Waals surface area contributed by atoms with Gasteiger partial charge in [-0.3, -0.25) is 9.78 Å². The molecule has 0 saturated carbocycles. The van der Waals surface area contributed by atoms with Crippen LogP contribution >= 0.6 is 12.2 Å². The first-order valence-corrected chi connectivity index (χ1v) is 10.0. The molecule has 0 saturated heterocycles. The zero-order valence-electron chi connectivity index (χ0n) is 16.8. The molecule has 0 radical (unpaired) electrons. The molecule has 0 fully saturated rings. The Morgan fingerprint density at radius 2 is 2.14 bits per heavy atom. The van der Waals surface area contributed by atoms with Crippen molar-refractivity contribution in [2.24, 2.45) is 0 Å². The molecule has 29 heavy (non-hydrogen) atoms. The van der Waals surface area contributed by atoms with Crippen molar-refractivity contribution in [2.45, 2.75) is 26.4 Å². The molecule has 3 aromatic rings. The van der Waals surface area contributed by atoms with E-state index in [0.717, 1.165) is 28.5 Å². The van der Waals surface area contributed by atoms with Crippen LogP contribution in [0.3, 0.4) is 0 Å². The number of benzene rings is 1. The lowest BCUT2D eigenvalue weighted by Gasteiger charge is -2.26. The molecule has 0 aliphatic heterocycles. The lowest BCUT2D eigenvalue weighted by molar-refractivity contribution is 0.195. The summed E-state index contributed by atoms with van der Waals surface area (Å²) in [5, 5.41) is 4.89. The first kappa shape index (κ1) is 21.0. The van der Waals surface area contributed by atoms with E-state index in [0.29, 0.717) is 36.9 Å². The maximum Gasteiger partial charge on any atom is 0.253 e. The van der Waals surface area contributed by atoms with E-state index in [1.807, 2.05) is 48.4 Å². The number of thiocarbonyl (C=S) groups is 1. The van der Waals surface area contributed by atoms with Crippen molar-refractivity contribution in [2.75, 3.05) is 20.3 Å². The molecule has 1 aromatic carbocycles. The van der Waals surface area contributed by atoms with Crippen LogP contribution in [0.1, 0.15) is 23.1 Å². The Morgan fingerprint density at radius 3 is 2.90 bits per heavy atom. The number of aromatic nitrogens is 2. The number of methoxy groups -OCH3 is 1. The fraction of sp³-hybridized carbons (Fsp3) is 0.318. The van der Waals surface area contributed by atoms with Crippen molar-refractivity contribution < 1.29 is 4.74 Å². The minimum Gasteiger partial charge on any atom is -0.385 e. The first-order valence-electron chi connectivity index (χ1n) is 9.60. The highest BCUT2D eigenvalue weighted by Crippen LogP contribution is 2.15. The molecule has 2 aromatic heterocycles. The fourth-order valence-electron chi connectivity index (χ4n) is 3.13. The Balaban J connectivity index is 1.83. The zero-order valence-corrected chi connectivity index (χ0v) is 17.6. The molecule has 0 aliphatic carbocycles. The van der Waals surface area contributed by atoms with Crippen LogP contribution in [-0.4, -0.2) is 40.2 Å². The van der Waals surface area contributed by atoms with Gasteiger partial charge in [-0.1, -0.05) is 17.7 Å². The van der Waals surface area contributed by atoms with Crippen LogP contribution in [0.4, 0.5) is 0 Å². The first-order chi connectivity index (χ1) is 14.1. The Kier molecular flexibility index (Phi) is 7.32. The molecule has 0 unspecified atom stereocenters. The van der Waals surface area contributed by atoms with Gasteiger partial charge >= 0.3 is 0 Å². The van der Waals surface area contributed by atoms with E-state index in [1.165, 1.54) is 0 Å². The molecule has 0 bridgehead atoms. The third-order valence-electron chi connectivity index (χ3n) is 4.62. The van der Waals surface area contributed by atoms with Crippen LogP contribution in [0.15, 0.2) is 53.6 Å². The number of hydrogen-bond donors (Lipinski definition) is 2. The van der Waals surface area contributed by atoms with E-state index in [2.05, 4.69) is 21.4 Å². The number of pyridine rings is 2. The number of nitrogens with zero attached hydrogens (tertiary/aromatic N) is 2. The summed E-state index contributed by atoms with van der Waals surface area (Å²) in [6.45, 7) is 4.39. The second-order valence-electron chi connectivity index (χ2n) is 7.01. The number of H-pyrrole nitrogens is 1. The van der Waals surface area contributed by atoms with Crippen molar-refractivity contribution >= 4 is 28.2 Å². The van der Waals surface area contributed by atoms with Gasteiger partial charge in [0.25, 0.3) is 5.56 Å². The summed E-state index contributed by atoms with van der Waals surface area (Å²) in [4.78, 5) is 21.8. The molecule has 152 valence electrons. The summed E-state index contributed by atoms with van der Waals surface area (Å²) < 4.78 is 5.09. The molecular weight excluding hydrogens is 384 g/mol. The van der Waals surface area contributed by atoms with Gasteiger partial charge in [-0.2, -0.15) is 0 Å². The molecule has 0 spiro atoms. The van der Waals surface area contributed by atoms with E-state index in [9.17, 15) is 4.79 Å². The number of fused-ring (bicyclic) bond motifs is 1. The molecule has 0 amide bonds. The molecule has 2 heterocycles. The molecule has 6 nitrogen and oxygen atoms in total. The Labute approximate surface area is 175 Å². The Hall–Kier alpha value is -2.77. The molecule has 3 rings (SSSR count). The fourth-order valence-corrected chi connectivity index (χ4v) is 3.36. The van der Waals surface area contributed by atoms with E-state index in [4.69, 9.17) is 17.0 Å². The average Bonchev–Trinajstić information content (AvgIpc) is 2.72. The number of ether oxygens (including phenoxy) is 1. The largest absolute Gasteiger partial charge is 0.385 e. The summed E-state index contributed by atoms with van der Waals surface area (Å²) in [5.74, 6) is 0. The third kappa shape index (κ3) is 5.85. The minimum absolute atomic E-state index is 0.0975. The van der Waals surface area contributed by atoms with Gasteiger partial charge in [0.1, 0.15) is 0 Å². The lowest BCUT2D eigenvalue weighted by Crippen LogP contribution is -2.40. The summed E-state index contributed by atoms with van der Waals surface area (Å²) in [7, 11) is 1.68. The third-order valence-corrected chi connectivity index (χ3v) is 5.03. The molecular formula is C22H26N4O2S. The smallest absolute Gasteiger partial charge is 0.253 e. The maximum atomic E-state index is 12.7. The Bertz CT molecular complexity index is 1020. The van der Waals surface area contributed by atoms with Crippen LogP contribution in [0.25, 0.3) is 10.9 Å². The predicted molar refractivity (Wildman–Crippen MR) is 120 cm³/mol. The number of hydrogen-bond acceptors (Lipinski definition) is 4. The van der Waals surface area contributed by atoms with Gasteiger partial charge in [-0.15, -0.1) is 0 Å². The van der Waals surface area contributed by atoms with Gasteiger partial charge in [0, 0.05) is 50.3 Å². The second-order valence-corrected chi connectivity index (χ2v) is 7.40. The summed E-state index contributed by atoms with van der Waals surface area (Å²) in [6, 6.07) is 11.8. The number of rotatable bonds is 8. The van der Waals surface area contributed by atoms with E-state index in [-0.39, 0.29) is 5.56 Å². The van der Waals surface area contributed by atoms with Crippen LogP contribution in [0, 0.1) is 6.92 Å². The SMILES string of the molecule is COCCCNC(=S)N(Cc1cccnc1)Cc1cc2cc(C)ccc2[nH]c1=O. The minimum atomic E-state index is -0.0975. The van der Waals surface area contributed by atoms with Gasteiger partial charge in [-0.25, -0.2) is 0 Å². The second kappa shape index (κ2) is 10.1. The van der Waals surface area contributed by atoms with Gasteiger partial charge in [0.15, 0.2) is 5.11 Å². The topological polar surface area (TPSA) is 70.2 Å². The highest BCUT2D eigenvalue weighted by Gasteiger charge is 2.14. The van der Waals surface area contributed by atoms with Gasteiger partial charge in [0.05, 0.1) is 6.54 Å². The number of aryl methyl sites for hydroxylation is 1. The monoisotopic (exact) mass is 410 g/mol. The van der Waals surface area contributed by atoms with E-state index < -0.39 is 0 Å². The van der Waals surface area contributed by atoms with Crippen LogP contribution in [0.2, 0.25) is 0 Å². The predicted octanol–water partition coefficient (Wildman–Crippen LogP) is 3.14. The van der Waals surface area contributed by atoms with Crippen molar-refractivity contribution in [3.8, 4) is 0 Å². The van der Waals surface area contributed by atoms with Gasteiger partial charge in [-0.05, 0) is 60.8 Å². The standard InChI is InChI=1S/C22H26N4O2S/c1-16-6-7-20-18(11-16)12-19(21(27)25-20)15-26(14-17-5-3-8-23-13-17)22(29)24-9-4-10-28-2/h3,5-8,11-13H,4,9-10,14-15H2,1-2H3,(H,24,29)(H,25,27). The van der Waals surface area contributed by atoms with Crippen molar-refractivity contribution in [1.29, 1.82) is 0 Å². The summed E-state index contributed by atoms with van der Waals surface area (Å²) in [5.41, 5.74) is 3.59. The molecule has 7 heteroatoms. The zero-order chi connectivity index (χ0) is 20.6. The maximum absolute atomic E-state index is 12.7. The van der Waals surface area contributed by atoms with Crippen LogP contribution in [0.5, 0.6) is 0 Å². The molecule has 2 N–H and O–H groups in total. The van der Waals surface area contributed by atoms with Crippen molar-refractivity contribution in [1.82, 2.24) is 20.2 Å². The normalized spacial score (nSPS) is 10.8. The van der Waals surface area contributed by atoms with Crippen molar-refractivity contribution in [3.05, 3.63) is 75.8 Å². The van der Waals surface area contributed by atoms with Crippen molar-refractivity contribution in [3.63, 3.8) is 0 Å². The van der Waals surface area contributed by atoms with Crippen LogP contribution in [-0.2, 0) is 17.8 Å². The molecule has 0 aliphatic rings. The van der Waals surface area contributed by atoms with Gasteiger partial charge < -0.3 is 19.9 Å². The molecule has 0 atom stereocenters.